The number of anilines is 1. The van der Waals surface area contributed by atoms with E-state index in [2.05, 4.69) is 25.7 Å². The summed E-state index contributed by atoms with van der Waals surface area (Å²) in [6.07, 6.45) is 0. The van der Waals surface area contributed by atoms with Crippen molar-refractivity contribution in [3.05, 3.63) is 33.1 Å². The Hall–Kier alpha value is -1.11. The Labute approximate surface area is 134 Å². The van der Waals surface area contributed by atoms with Crippen molar-refractivity contribution in [3.8, 4) is 11.3 Å². The van der Waals surface area contributed by atoms with Crippen LogP contribution in [0, 0.1) is 0 Å². The Morgan fingerprint density at radius 3 is 2.70 bits per heavy atom. The predicted molar refractivity (Wildman–Crippen MR) is 85.5 cm³/mol. The van der Waals surface area contributed by atoms with Gasteiger partial charge in [0, 0.05) is 17.6 Å². The molecule has 20 heavy (non-hydrogen) atoms. The van der Waals surface area contributed by atoms with Crippen LogP contribution in [0.4, 0.5) is 5.13 Å². The van der Waals surface area contributed by atoms with Crippen LogP contribution in [0.3, 0.4) is 0 Å². The summed E-state index contributed by atoms with van der Waals surface area (Å²) >= 11 is 10.8. The normalized spacial score (nSPS) is 10.4. The van der Waals surface area contributed by atoms with Gasteiger partial charge in [0.15, 0.2) is 5.13 Å². The molecule has 1 heterocycles. The van der Waals surface area contributed by atoms with E-state index in [4.69, 9.17) is 11.6 Å². The lowest BCUT2D eigenvalue weighted by Crippen LogP contribution is -2.26. The first-order chi connectivity index (χ1) is 9.51. The monoisotopic (exact) mass is 374 g/mol. The van der Waals surface area contributed by atoms with Gasteiger partial charge in [0.2, 0.25) is 0 Å². The molecule has 0 saturated heterocycles. The van der Waals surface area contributed by atoms with E-state index in [0.717, 1.165) is 20.2 Å². The molecule has 0 fully saturated rings. The molecule has 0 aliphatic rings. The third kappa shape index (κ3) is 3.50. The average Bonchev–Trinajstić information content (AvgIpc) is 2.81. The standard InChI is InChI=1S/C13H12BrClN2O2S/c1-17(7-10(18)19-2)13-16-11(12(14)20-13)8-3-5-9(15)6-4-8/h3-6H,7H2,1-2H3. The topological polar surface area (TPSA) is 42.4 Å². The van der Waals surface area contributed by atoms with Crippen LogP contribution in [-0.4, -0.2) is 31.7 Å². The number of carbonyl (C=O) groups is 1. The number of halogens is 2. The molecule has 0 aliphatic heterocycles. The molecule has 106 valence electrons. The van der Waals surface area contributed by atoms with Gasteiger partial charge in [-0.1, -0.05) is 35.1 Å². The van der Waals surface area contributed by atoms with Crippen molar-refractivity contribution < 1.29 is 9.53 Å². The first-order valence-corrected chi connectivity index (χ1v) is 7.70. The summed E-state index contributed by atoms with van der Waals surface area (Å²) in [5.41, 5.74) is 1.80. The van der Waals surface area contributed by atoms with Gasteiger partial charge in [-0.2, -0.15) is 0 Å². The maximum absolute atomic E-state index is 11.3. The van der Waals surface area contributed by atoms with Crippen LogP contribution in [0.25, 0.3) is 11.3 Å². The number of aromatic nitrogens is 1. The quantitative estimate of drug-likeness (QED) is 0.762. The van der Waals surface area contributed by atoms with Crippen molar-refractivity contribution >= 4 is 50.0 Å². The van der Waals surface area contributed by atoms with Crippen molar-refractivity contribution in [2.75, 3.05) is 25.6 Å². The number of hydrogen-bond donors (Lipinski definition) is 0. The average molecular weight is 376 g/mol. The van der Waals surface area contributed by atoms with E-state index in [1.54, 1.807) is 11.9 Å². The highest BCUT2D eigenvalue weighted by atomic mass is 79.9. The number of rotatable bonds is 4. The van der Waals surface area contributed by atoms with Gasteiger partial charge in [0.1, 0.15) is 6.54 Å². The number of ether oxygens (including phenoxy) is 1. The van der Waals surface area contributed by atoms with Crippen molar-refractivity contribution in [2.24, 2.45) is 0 Å². The molecule has 0 unspecified atom stereocenters. The highest BCUT2D eigenvalue weighted by molar-refractivity contribution is 9.11. The van der Waals surface area contributed by atoms with E-state index >= 15 is 0 Å². The number of nitrogens with zero attached hydrogens (tertiary/aromatic N) is 2. The highest BCUT2D eigenvalue weighted by Crippen LogP contribution is 2.37. The molecule has 0 atom stereocenters. The molecule has 2 rings (SSSR count). The molecule has 0 bridgehead atoms. The number of carbonyl (C=O) groups excluding carboxylic acids is 1. The van der Waals surface area contributed by atoms with Gasteiger partial charge in [-0.3, -0.25) is 4.79 Å². The minimum atomic E-state index is -0.299. The zero-order valence-electron chi connectivity index (χ0n) is 10.9. The Balaban J connectivity index is 2.25. The molecule has 0 N–H and O–H groups in total. The zero-order chi connectivity index (χ0) is 14.7. The molecule has 0 saturated carbocycles. The summed E-state index contributed by atoms with van der Waals surface area (Å²) in [4.78, 5) is 17.6. The van der Waals surface area contributed by atoms with E-state index in [1.807, 2.05) is 24.3 Å². The molecule has 7 heteroatoms. The van der Waals surface area contributed by atoms with E-state index in [9.17, 15) is 4.79 Å². The van der Waals surface area contributed by atoms with Crippen LogP contribution >= 0.6 is 38.9 Å². The van der Waals surface area contributed by atoms with Gasteiger partial charge in [-0.25, -0.2) is 4.98 Å². The third-order valence-corrected chi connectivity index (χ3v) is 4.68. The number of likely N-dealkylation sites (N-methyl/N-ethyl adjacent to an activating group) is 1. The second-order valence-corrected chi connectivity index (χ2v) is 6.79. The lowest BCUT2D eigenvalue weighted by atomic mass is 10.2. The zero-order valence-corrected chi connectivity index (χ0v) is 14.1. The van der Waals surface area contributed by atoms with Gasteiger partial charge >= 0.3 is 5.97 Å². The minimum Gasteiger partial charge on any atom is -0.468 e. The van der Waals surface area contributed by atoms with Crippen molar-refractivity contribution in [2.45, 2.75) is 0 Å². The van der Waals surface area contributed by atoms with Gasteiger partial charge < -0.3 is 9.64 Å². The molecule has 4 nitrogen and oxygen atoms in total. The number of thiazole rings is 1. The fourth-order valence-corrected chi connectivity index (χ4v) is 3.22. The SMILES string of the molecule is COC(=O)CN(C)c1nc(-c2ccc(Cl)cc2)c(Br)s1. The third-order valence-electron chi connectivity index (χ3n) is 2.61. The lowest BCUT2D eigenvalue weighted by Gasteiger charge is -2.13. The minimum absolute atomic E-state index is 0.163. The van der Waals surface area contributed by atoms with Crippen LogP contribution in [0.15, 0.2) is 28.1 Å². The van der Waals surface area contributed by atoms with Crippen LogP contribution in [0.2, 0.25) is 5.02 Å². The number of esters is 1. The molecule has 0 amide bonds. The summed E-state index contributed by atoms with van der Waals surface area (Å²) in [5, 5.41) is 1.43. The van der Waals surface area contributed by atoms with Crippen molar-refractivity contribution in [1.29, 1.82) is 0 Å². The molecular formula is C13H12BrClN2O2S. The predicted octanol–water partition coefficient (Wildman–Crippen LogP) is 3.84. The molecule has 0 aliphatic carbocycles. The highest BCUT2D eigenvalue weighted by Gasteiger charge is 2.16. The van der Waals surface area contributed by atoms with Gasteiger partial charge in [-0.05, 0) is 28.1 Å². The summed E-state index contributed by atoms with van der Waals surface area (Å²) in [5.74, 6) is -0.299. The fraction of sp³-hybridized carbons (Fsp3) is 0.231. The van der Waals surface area contributed by atoms with Crippen LogP contribution in [0.5, 0.6) is 0 Å². The van der Waals surface area contributed by atoms with Gasteiger partial charge in [0.25, 0.3) is 0 Å². The summed E-state index contributed by atoms with van der Waals surface area (Å²) in [6, 6.07) is 7.46. The van der Waals surface area contributed by atoms with Crippen LogP contribution < -0.4 is 4.90 Å². The molecule has 0 radical (unpaired) electrons. The second kappa shape index (κ2) is 6.56. The Kier molecular flexibility index (Phi) is 5.01. The Bertz CT molecular complexity index is 615. The molecule has 1 aromatic carbocycles. The van der Waals surface area contributed by atoms with Gasteiger partial charge in [-0.15, -0.1) is 0 Å². The van der Waals surface area contributed by atoms with E-state index < -0.39 is 0 Å². The number of hydrogen-bond acceptors (Lipinski definition) is 5. The molecular weight excluding hydrogens is 364 g/mol. The van der Waals surface area contributed by atoms with Crippen molar-refractivity contribution in [1.82, 2.24) is 4.98 Å². The maximum Gasteiger partial charge on any atom is 0.325 e. The summed E-state index contributed by atoms with van der Waals surface area (Å²) in [6.45, 7) is 0.163. The van der Waals surface area contributed by atoms with Crippen molar-refractivity contribution in [3.63, 3.8) is 0 Å². The van der Waals surface area contributed by atoms with Crippen LogP contribution in [-0.2, 0) is 9.53 Å². The largest absolute Gasteiger partial charge is 0.468 e. The first-order valence-electron chi connectivity index (χ1n) is 5.71. The van der Waals surface area contributed by atoms with Gasteiger partial charge in [0.05, 0.1) is 16.6 Å². The number of methoxy groups -OCH3 is 1. The second-order valence-electron chi connectivity index (χ2n) is 4.06. The van der Waals surface area contributed by atoms with Crippen LogP contribution in [0.1, 0.15) is 0 Å². The fourth-order valence-electron chi connectivity index (χ4n) is 1.57. The molecule has 2 aromatic rings. The number of benzene rings is 1. The Morgan fingerprint density at radius 1 is 1.45 bits per heavy atom. The lowest BCUT2D eigenvalue weighted by molar-refractivity contribution is -0.138. The Morgan fingerprint density at radius 2 is 2.10 bits per heavy atom. The summed E-state index contributed by atoms with van der Waals surface area (Å²) < 4.78 is 5.56. The summed E-state index contributed by atoms with van der Waals surface area (Å²) in [7, 11) is 3.17. The van der Waals surface area contributed by atoms with E-state index in [1.165, 1.54) is 18.4 Å². The molecule has 1 aromatic heterocycles. The molecule has 0 spiro atoms. The smallest absolute Gasteiger partial charge is 0.325 e. The maximum atomic E-state index is 11.3. The van der Waals surface area contributed by atoms with E-state index in [-0.39, 0.29) is 12.5 Å². The van der Waals surface area contributed by atoms with E-state index in [0.29, 0.717) is 5.02 Å². The first kappa shape index (κ1) is 15.3.